The maximum absolute atomic E-state index is 12.9. The summed E-state index contributed by atoms with van der Waals surface area (Å²) in [4.78, 5) is 11.8. The van der Waals surface area contributed by atoms with Gasteiger partial charge in [-0.25, -0.2) is 13.2 Å². The Balaban J connectivity index is 2.32. The summed E-state index contributed by atoms with van der Waals surface area (Å²) in [6.45, 7) is 1.74. The van der Waals surface area contributed by atoms with E-state index in [1.807, 2.05) is 7.05 Å². The van der Waals surface area contributed by atoms with Gasteiger partial charge in [-0.1, -0.05) is 12.1 Å². The number of carbonyl (C=O) groups excluding carboxylic acids is 1. The van der Waals surface area contributed by atoms with Crippen LogP contribution >= 0.6 is 0 Å². The number of esters is 1. The Hall–Kier alpha value is -1.44. The monoisotopic (exact) mass is 326 g/mol. The second kappa shape index (κ2) is 7.21. The van der Waals surface area contributed by atoms with Crippen molar-refractivity contribution >= 4 is 16.0 Å². The summed E-state index contributed by atoms with van der Waals surface area (Å²) < 4.78 is 31.9. The van der Waals surface area contributed by atoms with Gasteiger partial charge >= 0.3 is 5.97 Å². The van der Waals surface area contributed by atoms with Crippen molar-refractivity contribution in [3.8, 4) is 0 Å². The van der Waals surface area contributed by atoms with Gasteiger partial charge in [0.2, 0.25) is 10.0 Å². The second-order valence-corrected chi connectivity index (χ2v) is 7.32. The molecule has 0 spiro atoms. The molecule has 0 saturated carbocycles. The van der Waals surface area contributed by atoms with Crippen molar-refractivity contribution in [2.45, 2.75) is 17.7 Å². The van der Waals surface area contributed by atoms with Crippen LogP contribution in [-0.2, 0) is 14.8 Å². The number of nitrogens with one attached hydrogen (secondary N) is 1. The van der Waals surface area contributed by atoms with Crippen molar-refractivity contribution in [2.75, 3.05) is 33.8 Å². The fraction of sp³-hybridized carbons (Fsp3) is 0.533. The molecule has 1 aliphatic rings. The van der Waals surface area contributed by atoms with Gasteiger partial charge in [0.15, 0.2) is 0 Å². The predicted octanol–water partition coefficient (Wildman–Crippen LogP) is 1.09. The molecule has 7 heteroatoms. The van der Waals surface area contributed by atoms with E-state index in [1.165, 1.54) is 23.5 Å². The van der Waals surface area contributed by atoms with Crippen LogP contribution in [0.5, 0.6) is 0 Å². The average Bonchev–Trinajstić information content (AvgIpc) is 2.54. The molecule has 2 rings (SSSR count). The van der Waals surface area contributed by atoms with Crippen molar-refractivity contribution in [3.05, 3.63) is 29.8 Å². The molecule has 0 bridgehead atoms. The van der Waals surface area contributed by atoms with Crippen LogP contribution < -0.4 is 5.32 Å². The van der Waals surface area contributed by atoms with Crippen molar-refractivity contribution in [1.29, 1.82) is 0 Å². The Kier molecular flexibility index (Phi) is 5.55. The minimum atomic E-state index is -3.69. The zero-order chi connectivity index (χ0) is 16.2. The van der Waals surface area contributed by atoms with Gasteiger partial charge < -0.3 is 10.1 Å². The molecule has 1 fully saturated rings. The average molecular weight is 326 g/mol. The van der Waals surface area contributed by atoms with E-state index in [0.717, 1.165) is 19.4 Å². The Morgan fingerprint density at radius 2 is 2.14 bits per heavy atom. The van der Waals surface area contributed by atoms with Gasteiger partial charge in [-0.3, -0.25) is 0 Å². The maximum atomic E-state index is 12.9. The Morgan fingerprint density at radius 3 is 2.82 bits per heavy atom. The third-order valence-corrected chi connectivity index (χ3v) is 5.81. The zero-order valence-corrected chi connectivity index (χ0v) is 13.7. The SMILES string of the molecule is CNCC1CCCN(S(=O)(=O)c2ccccc2C(=O)OC)C1. The summed E-state index contributed by atoms with van der Waals surface area (Å²) in [5, 5.41) is 3.09. The van der Waals surface area contributed by atoms with E-state index < -0.39 is 16.0 Å². The minimum Gasteiger partial charge on any atom is -0.465 e. The lowest BCUT2D eigenvalue weighted by Crippen LogP contribution is -2.42. The highest BCUT2D eigenvalue weighted by atomic mass is 32.2. The van der Waals surface area contributed by atoms with Crippen molar-refractivity contribution in [1.82, 2.24) is 9.62 Å². The number of carbonyl (C=O) groups is 1. The number of benzene rings is 1. The first-order valence-corrected chi connectivity index (χ1v) is 8.76. The lowest BCUT2D eigenvalue weighted by molar-refractivity contribution is 0.0596. The first-order chi connectivity index (χ1) is 10.5. The molecule has 0 aliphatic carbocycles. The molecular weight excluding hydrogens is 304 g/mol. The third kappa shape index (κ3) is 3.48. The van der Waals surface area contributed by atoms with Crippen molar-refractivity contribution in [3.63, 3.8) is 0 Å². The number of nitrogens with zero attached hydrogens (tertiary/aromatic N) is 1. The van der Waals surface area contributed by atoms with Gasteiger partial charge in [-0.15, -0.1) is 0 Å². The molecule has 1 heterocycles. The van der Waals surface area contributed by atoms with E-state index in [1.54, 1.807) is 12.1 Å². The molecule has 1 atom stereocenters. The number of sulfonamides is 1. The molecule has 0 aromatic heterocycles. The summed E-state index contributed by atoms with van der Waals surface area (Å²) in [6, 6.07) is 6.19. The standard InChI is InChI=1S/C15H22N2O4S/c1-16-10-12-6-5-9-17(11-12)22(19,20)14-8-4-3-7-13(14)15(18)21-2/h3-4,7-8,12,16H,5-6,9-11H2,1-2H3. The van der Waals surface area contributed by atoms with E-state index in [0.29, 0.717) is 19.0 Å². The molecule has 122 valence electrons. The molecule has 1 N–H and O–H groups in total. The van der Waals surface area contributed by atoms with Crippen LogP contribution in [0.25, 0.3) is 0 Å². The highest BCUT2D eigenvalue weighted by molar-refractivity contribution is 7.89. The quantitative estimate of drug-likeness (QED) is 0.820. The zero-order valence-electron chi connectivity index (χ0n) is 12.9. The molecule has 1 aromatic rings. The first-order valence-electron chi connectivity index (χ1n) is 7.32. The number of piperidine rings is 1. The van der Waals surface area contributed by atoms with Crippen LogP contribution in [0.1, 0.15) is 23.2 Å². The smallest absolute Gasteiger partial charge is 0.339 e. The highest BCUT2D eigenvalue weighted by Crippen LogP contribution is 2.26. The normalized spacial score (nSPS) is 19.8. The minimum absolute atomic E-state index is 0.0203. The Morgan fingerprint density at radius 1 is 1.41 bits per heavy atom. The van der Waals surface area contributed by atoms with Crippen LogP contribution in [0, 0.1) is 5.92 Å². The van der Waals surface area contributed by atoms with Crippen LogP contribution in [0.15, 0.2) is 29.2 Å². The Bertz CT molecular complexity index is 628. The molecule has 1 saturated heterocycles. The summed E-state index contributed by atoms with van der Waals surface area (Å²) in [5.41, 5.74) is 0.0840. The summed E-state index contributed by atoms with van der Waals surface area (Å²) in [5.74, 6) is -0.346. The molecule has 0 amide bonds. The van der Waals surface area contributed by atoms with Gasteiger partial charge in [0.1, 0.15) is 0 Å². The van der Waals surface area contributed by atoms with E-state index >= 15 is 0 Å². The second-order valence-electron chi connectivity index (χ2n) is 5.42. The van der Waals surface area contributed by atoms with Crippen LogP contribution in [0.4, 0.5) is 0 Å². The van der Waals surface area contributed by atoms with E-state index in [9.17, 15) is 13.2 Å². The summed E-state index contributed by atoms with van der Waals surface area (Å²) in [7, 11) is -0.588. The Labute approximate surface area is 131 Å². The maximum Gasteiger partial charge on any atom is 0.339 e. The van der Waals surface area contributed by atoms with Gasteiger partial charge in [-0.2, -0.15) is 4.31 Å². The molecule has 1 aromatic carbocycles. The third-order valence-electron chi connectivity index (χ3n) is 3.88. The van der Waals surface area contributed by atoms with Crippen molar-refractivity contribution in [2.24, 2.45) is 5.92 Å². The molecule has 1 unspecified atom stereocenters. The number of hydrogen-bond acceptors (Lipinski definition) is 5. The lowest BCUT2D eigenvalue weighted by atomic mass is 10.00. The molecule has 6 nitrogen and oxygen atoms in total. The topological polar surface area (TPSA) is 75.7 Å². The number of hydrogen-bond donors (Lipinski definition) is 1. The van der Waals surface area contributed by atoms with Crippen LogP contribution in [-0.4, -0.2) is 52.5 Å². The van der Waals surface area contributed by atoms with E-state index in [-0.39, 0.29) is 10.5 Å². The number of ether oxygens (including phenoxy) is 1. The van der Waals surface area contributed by atoms with Crippen LogP contribution in [0.3, 0.4) is 0 Å². The predicted molar refractivity (Wildman–Crippen MR) is 83.2 cm³/mol. The number of rotatable bonds is 5. The fourth-order valence-corrected chi connectivity index (χ4v) is 4.54. The highest BCUT2D eigenvalue weighted by Gasteiger charge is 2.32. The van der Waals surface area contributed by atoms with E-state index in [2.05, 4.69) is 10.1 Å². The first kappa shape index (κ1) is 16.9. The molecular formula is C15H22N2O4S. The number of methoxy groups -OCH3 is 1. The summed E-state index contributed by atoms with van der Waals surface area (Å²) >= 11 is 0. The van der Waals surface area contributed by atoms with Gasteiger partial charge in [0.05, 0.1) is 17.6 Å². The van der Waals surface area contributed by atoms with Crippen molar-refractivity contribution < 1.29 is 17.9 Å². The molecule has 1 aliphatic heterocycles. The van der Waals surface area contributed by atoms with E-state index in [4.69, 9.17) is 0 Å². The molecule has 22 heavy (non-hydrogen) atoms. The van der Waals surface area contributed by atoms with Crippen LogP contribution in [0.2, 0.25) is 0 Å². The van der Waals surface area contributed by atoms with Gasteiger partial charge in [0, 0.05) is 13.1 Å². The van der Waals surface area contributed by atoms with Gasteiger partial charge in [0.25, 0.3) is 0 Å². The lowest BCUT2D eigenvalue weighted by Gasteiger charge is -2.32. The summed E-state index contributed by atoms with van der Waals surface area (Å²) in [6.07, 6.45) is 1.83. The largest absolute Gasteiger partial charge is 0.465 e. The van der Waals surface area contributed by atoms with Gasteiger partial charge in [-0.05, 0) is 44.5 Å². The molecule has 0 radical (unpaired) electrons. The fourth-order valence-electron chi connectivity index (χ4n) is 2.81.